The third-order valence-electron chi connectivity index (χ3n) is 5.36. The Morgan fingerprint density at radius 1 is 1.13 bits per heavy atom. The van der Waals surface area contributed by atoms with Gasteiger partial charge in [-0.05, 0) is 55.2 Å². The van der Waals surface area contributed by atoms with E-state index in [9.17, 15) is 0 Å². The number of nitrogens with zero attached hydrogens (tertiary/aromatic N) is 3. The monoisotopic (exact) mass is 403 g/mol. The summed E-state index contributed by atoms with van der Waals surface area (Å²) in [5.41, 5.74) is 7.04. The molecule has 0 saturated carbocycles. The molecule has 2 N–H and O–H groups in total. The number of para-hydroxylation sites is 1. The summed E-state index contributed by atoms with van der Waals surface area (Å²) in [5, 5.41) is 11.5. The highest BCUT2D eigenvalue weighted by Gasteiger charge is 2.12. The van der Waals surface area contributed by atoms with Gasteiger partial charge in [0, 0.05) is 32.3 Å². The highest BCUT2D eigenvalue weighted by molar-refractivity contribution is 5.79. The van der Waals surface area contributed by atoms with E-state index in [1.165, 1.54) is 16.7 Å². The third-order valence-corrected chi connectivity index (χ3v) is 5.36. The van der Waals surface area contributed by atoms with Crippen LogP contribution in [0.4, 0.5) is 0 Å². The molecule has 4 rings (SSSR count). The van der Waals surface area contributed by atoms with E-state index in [1.54, 1.807) is 7.05 Å². The minimum atomic E-state index is 0.671. The summed E-state index contributed by atoms with van der Waals surface area (Å²) in [7, 11) is 1.80. The highest BCUT2D eigenvalue weighted by atomic mass is 16.5. The van der Waals surface area contributed by atoms with Crippen LogP contribution in [0.5, 0.6) is 5.75 Å². The van der Waals surface area contributed by atoms with Crippen molar-refractivity contribution in [2.24, 2.45) is 4.99 Å². The van der Waals surface area contributed by atoms with Gasteiger partial charge in [0.2, 0.25) is 0 Å². The summed E-state index contributed by atoms with van der Waals surface area (Å²) in [6, 6.07) is 16.9. The molecule has 1 aliphatic rings. The van der Waals surface area contributed by atoms with Crippen molar-refractivity contribution in [1.29, 1.82) is 0 Å². The van der Waals surface area contributed by atoms with Crippen LogP contribution in [0.3, 0.4) is 0 Å². The van der Waals surface area contributed by atoms with Gasteiger partial charge in [0.1, 0.15) is 5.75 Å². The number of fused-ring (bicyclic) bond motifs is 1. The van der Waals surface area contributed by atoms with Crippen molar-refractivity contribution in [3.63, 3.8) is 0 Å². The fourth-order valence-electron chi connectivity index (χ4n) is 3.86. The van der Waals surface area contributed by atoms with Crippen LogP contribution in [0, 0.1) is 13.8 Å². The van der Waals surface area contributed by atoms with Crippen LogP contribution < -0.4 is 15.4 Å². The number of ether oxygens (including phenoxy) is 1. The molecular formula is C24H29N5O. The van der Waals surface area contributed by atoms with Crippen molar-refractivity contribution in [1.82, 2.24) is 20.4 Å². The van der Waals surface area contributed by atoms with Gasteiger partial charge in [0.05, 0.1) is 18.0 Å². The zero-order chi connectivity index (χ0) is 20.9. The first kappa shape index (κ1) is 20.0. The maximum Gasteiger partial charge on any atom is 0.191 e. The second kappa shape index (κ2) is 9.03. The number of nitrogens with one attached hydrogen (secondary N) is 2. The van der Waals surface area contributed by atoms with Crippen LogP contribution in [0.15, 0.2) is 53.5 Å². The van der Waals surface area contributed by atoms with Crippen LogP contribution in [0.2, 0.25) is 0 Å². The van der Waals surface area contributed by atoms with E-state index in [4.69, 9.17) is 4.74 Å². The molecule has 0 spiro atoms. The van der Waals surface area contributed by atoms with Gasteiger partial charge in [-0.25, -0.2) is 4.68 Å². The van der Waals surface area contributed by atoms with Crippen LogP contribution in [-0.2, 0) is 19.4 Å². The van der Waals surface area contributed by atoms with Crippen molar-refractivity contribution >= 4 is 5.96 Å². The Morgan fingerprint density at radius 3 is 2.80 bits per heavy atom. The number of rotatable bonds is 6. The molecule has 1 aromatic heterocycles. The molecule has 0 unspecified atom stereocenters. The molecule has 2 heterocycles. The average Bonchev–Trinajstić information content (AvgIpc) is 3.35. The lowest BCUT2D eigenvalue weighted by molar-refractivity contribution is 0.357. The molecule has 6 heteroatoms. The Labute approximate surface area is 178 Å². The first-order valence-electron chi connectivity index (χ1n) is 10.4. The van der Waals surface area contributed by atoms with E-state index < -0.39 is 0 Å². The third kappa shape index (κ3) is 4.48. The van der Waals surface area contributed by atoms with Gasteiger partial charge in [-0.3, -0.25) is 4.99 Å². The van der Waals surface area contributed by atoms with Crippen molar-refractivity contribution in [2.45, 2.75) is 33.2 Å². The Bertz CT molecular complexity index is 1050. The normalized spacial score (nSPS) is 13.1. The van der Waals surface area contributed by atoms with Gasteiger partial charge >= 0.3 is 0 Å². The second-order valence-corrected chi connectivity index (χ2v) is 7.61. The van der Waals surface area contributed by atoms with Crippen molar-refractivity contribution < 1.29 is 4.74 Å². The molecule has 0 saturated heterocycles. The molecule has 2 aromatic carbocycles. The topological polar surface area (TPSA) is 63.5 Å². The molecule has 0 aliphatic carbocycles. The molecule has 6 nitrogen and oxygen atoms in total. The fraction of sp³-hybridized carbons (Fsp3) is 0.333. The molecule has 0 atom stereocenters. The molecular weight excluding hydrogens is 374 g/mol. The highest BCUT2D eigenvalue weighted by Crippen LogP contribution is 2.25. The standard InChI is InChI=1S/C24H29N5O/c1-17-14-18(2)29(28-17)22-7-5-4-6-21(22)16-27-24(25-3)26-12-10-19-8-9-23-20(15-19)11-13-30-23/h4-9,14-15H,10-13,16H2,1-3H3,(H2,25,26,27). The molecule has 0 fully saturated rings. The zero-order valence-electron chi connectivity index (χ0n) is 17.9. The first-order chi connectivity index (χ1) is 14.6. The molecule has 0 bridgehead atoms. The lowest BCUT2D eigenvalue weighted by atomic mass is 10.1. The summed E-state index contributed by atoms with van der Waals surface area (Å²) >= 11 is 0. The van der Waals surface area contributed by atoms with E-state index >= 15 is 0 Å². The van der Waals surface area contributed by atoms with Crippen LogP contribution in [0.25, 0.3) is 5.69 Å². The number of benzene rings is 2. The number of hydrogen-bond acceptors (Lipinski definition) is 3. The van der Waals surface area contributed by atoms with Crippen LogP contribution in [0.1, 0.15) is 28.1 Å². The minimum Gasteiger partial charge on any atom is -0.493 e. The van der Waals surface area contributed by atoms with Crippen molar-refractivity contribution in [2.75, 3.05) is 20.2 Å². The van der Waals surface area contributed by atoms with E-state index in [0.717, 1.165) is 54.8 Å². The predicted molar refractivity (Wildman–Crippen MR) is 121 cm³/mol. The van der Waals surface area contributed by atoms with Crippen molar-refractivity contribution in [3.8, 4) is 11.4 Å². The number of aryl methyl sites for hydroxylation is 2. The SMILES string of the molecule is CN=C(NCCc1ccc2c(c1)CCO2)NCc1ccccc1-n1nc(C)cc1C. The second-order valence-electron chi connectivity index (χ2n) is 7.61. The van der Waals surface area contributed by atoms with Gasteiger partial charge in [-0.2, -0.15) is 5.10 Å². The van der Waals surface area contributed by atoms with E-state index in [-0.39, 0.29) is 0 Å². The number of aromatic nitrogens is 2. The Hall–Kier alpha value is -3.28. The minimum absolute atomic E-state index is 0.671. The van der Waals surface area contributed by atoms with E-state index in [1.807, 2.05) is 17.7 Å². The quantitative estimate of drug-likeness (QED) is 0.490. The smallest absolute Gasteiger partial charge is 0.191 e. The summed E-state index contributed by atoms with van der Waals surface area (Å²) in [6.45, 7) is 6.38. The number of aliphatic imine (C=N–C) groups is 1. The van der Waals surface area contributed by atoms with Gasteiger partial charge in [0.15, 0.2) is 5.96 Å². The number of guanidine groups is 1. The Kier molecular flexibility index (Phi) is 6.02. The number of hydrogen-bond donors (Lipinski definition) is 2. The Morgan fingerprint density at radius 2 is 2.00 bits per heavy atom. The van der Waals surface area contributed by atoms with Gasteiger partial charge in [-0.15, -0.1) is 0 Å². The van der Waals surface area contributed by atoms with Crippen LogP contribution in [-0.4, -0.2) is 35.9 Å². The van der Waals surface area contributed by atoms with Gasteiger partial charge in [0.25, 0.3) is 0 Å². The maximum atomic E-state index is 5.59. The molecule has 30 heavy (non-hydrogen) atoms. The summed E-state index contributed by atoms with van der Waals surface area (Å²) in [4.78, 5) is 4.37. The summed E-state index contributed by atoms with van der Waals surface area (Å²) in [5.74, 6) is 1.83. The van der Waals surface area contributed by atoms with E-state index in [2.05, 4.69) is 70.1 Å². The van der Waals surface area contributed by atoms with Gasteiger partial charge < -0.3 is 15.4 Å². The maximum absolute atomic E-state index is 5.59. The molecule has 0 radical (unpaired) electrons. The first-order valence-corrected chi connectivity index (χ1v) is 10.4. The molecule has 156 valence electrons. The molecule has 3 aromatic rings. The molecule has 0 amide bonds. The predicted octanol–water partition coefficient (Wildman–Crippen LogP) is 3.33. The average molecular weight is 404 g/mol. The Balaban J connectivity index is 1.35. The lowest BCUT2D eigenvalue weighted by Gasteiger charge is -2.15. The van der Waals surface area contributed by atoms with Crippen molar-refractivity contribution in [3.05, 3.63) is 76.6 Å². The lowest BCUT2D eigenvalue weighted by Crippen LogP contribution is -2.38. The zero-order valence-corrected chi connectivity index (χ0v) is 17.9. The van der Waals surface area contributed by atoms with E-state index in [0.29, 0.717) is 6.54 Å². The summed E-state index contributed by atoms with van der Waals surface area (Å²) in [6.07, 6.45) is 1.95. The fourth-order valence-corrected chi connectivity index (χ4v) is 3.86. The largest absolute Gasteiger partial charge is 0.493 e. The molecule has 1 aliphatic heterocycles. The van der Waals surface area contributed by atoms with Gasteiger partial charge in [-0.1, -0.05) is 30.3 Å². The van der Waals surface area contributed by atoms with Crippen LogP contribution >= 0.6 is 0 Å². The summed E-state index contributed by atoms with van der Waals surface area (Å²) < 4.78 is 7.59.